The molecule has 84 valence electrons. The minimum absolute atomic E-state index is 0.235. The monoisotopic (exact) mass is 216 g/mol. The first-order chi connectivity index (χ1) is 7.81. The Morgan fingerprint density at radius 2 is 2.19 bits per heavy atom. The van der Waals surface area contributed by atoms with E-state index in [0.29, 0.717) is 18.4 Å². The van der Waals surface area contributed by atoms with E-state index in [9.17, 15) is 4.79 Å². The minimum atomic E-state index is -0.235. The molecule has 2 nitrogen and oxygen atoms in total. The van der Waals surface area contributed by atoms with Gasteiger partial charge in [-0.25, -0.2) is 4.79 Å². The van der Waals surface area contributed by atoms with Crippen molar-refractivity contribution in [3.63, 3.8) is 0 Å². The summed E-state index contributed by atoms with van der Waals surface area (Å²) in [5.41, 5.74) is 1.36. The second kappa shape index (κ2) is 4.97. The Morgan fingerprint density at radius 3 is 2.88 bits per heavy atom. The van der Waals surface area contributed by atoms with E-state index in [1.165, 1.54) is 5.56 Å². The number of esters is 1. The molecule has 1 fully saturated rings. The third-order valence-corrected chi connectivity index (χ3v) is 2.83. The number of hydrogen-bond acceptors (Lipinski definition) is 2. The van der Waals surface area contributed by atoms with E-state index in [0.717, 1.165) is 6.42 Å². The summed E-state index contributed by atoms with van der Waals surface area (Å²) in [4.78, 5) is 11.1. The predicted molar refractivity (Wildman–Crippen MR) is 63.1 cm³/mol. The fraction of sp³-hybridized carbons (Fsp3) is 0.357. The number of rotatable bonds is 4. The van der Waals surface area contributed by atoms with Crippen LogP contribution in [0.25, 0.3) is 0 Å². The van der Waals surface area contributed by atoms with Gasteiger partial charge in [-0.1, -0.05) is 36.4 Å². The number of carbonyl (C=O) groups excluding carboxylic acids is 1. The van der Waals surface area contributed by atoms with Crippen LogP contribution in [-0.2, 0) is 9.53 Å². The Morgan fingerprint density at radius 1 is 1.44 bits per heavy atom. The second-order valence-electron chi connectivity index (χ2n) is 4.03. The van der Waals surface area contributed by atoms with E-state index in [1.54, 1.807) is 6.08 Å². The van der Waals surface area contributed by atoms with Crippen molar-refractivity contribution in [2.45, 2.75) is 19.3 Å². The molecular weight excluding hydrogens is 200 g/mol. The molecule has 0 amide bonds. The smallest absolute Gasteiger partial charge is 0.330 e. The van der Waals surface area contributed by atoms with Crippen molar-refractivity contribution in [2.24, 2.45) is 5.92 Å². The van der Waals surface area contributed by atoms with Gasteiger partial charge in [-0.05, 0) is 30.7 Å². The molecule has 0 bridgehead atoms. The highest BCUT2D eigenvalue weighted by molar-refractivity contribution is 5.82. The van der Waals surface area contributed by atoms with Crippen LogP contribution in [0.1, 0.15) is 24.8 Å². The zero-order valence-electron chi connectivity index (χ0n) is 9.43. The van der Waals surface area contributed by atoms with Gasteiger partial charge < -0.3 is 4.74 Å². The number of hydrogen-bond donors (Lipinski definition) is 0. The van der Waals surface area contributed by atoms with E-state index in [2.05, 4.69) is 24.3 Å². The molecule has 0 N–H and O–H groups in total. The molecule has 0 spiro atoms. The lowest BCUT2D eigenvalue weighted by Crippen LogP contribution is -1.98. The lowest BCUT2D eigenvalue weighted by molar-refractivity contribution is -0.137. The molecule has 16 heavy (non-hydrogen) atoms. The Hall–Kier alpha value is -1.57. The van der Waals surface area contributed by atoms with E-state index in [-0.39, 0.29) is 5.97 Å². The molecule has 1 aliphatic carbocycles. The van der Waals surface area contributed by atoms with Crippen LogP contribution < -0.4 is 0 Å². The third-order valence-electron chi connectivity index (χ3n) is 2.83. The summed E-state index contributed by atoms with van der Waals surface area (Å²) in [6.07, 6.45) is 4.66. The molecule has 0 aromatic heterocycles. The largest absolute Gasteiger partial charge is 0.463 e. The van der Waals surface area contributed by atoms with Crippen molar-refractivity contribution in [3.8, 4) is 0 Å². The fourth-order valence-corrected chi connectivity index (χ4v) is 1.90. The van der Waals surface area contributed by atoms with Gasteiger partial charge in [0.25, 0.3) is 0 Å². The SMILES string of the molecule is CCOC(=O)/C=C/[C@H]1C[C@@H]1c1ccccc1. The van der Waals surface area contributed by atoms with E-state index in [1.807, 2.05) is 19.1 Å². The summed E-state index contributed by atoms with van der Waals surface area (Å²) in [7, 11) is 0. The van der Waals surface area contributed by atoms with E-state index < -0.39 is 0 Å². The van der Waals surface area contributed by atoms with Gasteiger partial charge in [-0.3, -0.25) is 0 Å². The molecule has 0 aliphatic heterocycles. The number of allylic oxidation sites excluding steroid dienone is 1. The Balaban J connectivity index is 1.86. The average Bonchev–Trinajstić information content (AvgIpc) is 3.07. The Labute approximate surface area is 95.9 Å². The number of carbonyl (C=O) groups is 1. The molecular formula is C14H16O2. The molecule has 2 atom stereocenters. The standard InChI is InChI=1S/C14H16O2/c1-2-16-14(15)9-8-12-10-13(12)11-6-4-3-5-7-11/h3-9,12-13H,2,10H2,1H3/b9-8+/t12-,13+/m0/s1. The molecule has 2 heteroatoms. The topological polar surface area (TPSA) is 26.3 Å². The average molecular weight is 216 g/mol. The molecule has 0 unspecified atom stereocenters. The van der Waals surface area contributed by atoms with Gasteiger partial charge in [0.1, 0.15) is 0 Å². The van der Waals surface area contributed by atoms with Crippen LogP contribution in [-0.4, -0.2) is 12.6 Å². The van der Waals surface area contributed by atoms with Gasteiger partial charge in [0, 0.05) is 6.08 Å². The number of benzene rings is 1. The lowest BCUT2D eigenvalue weighted by atomic mass is 10.1. The number of ether oxygens (including phenoxy) is 1. The second-order valence-corrected chi connectivity index (χ2v) is 4.03. The van der Waals surface area contributed by atoms with Crippen molar-refractivity contribution < 1.29 is 9.53 Å². The van der Waals surface area contributed by atoms with Crippen molar-refractivity contribution in [1.82, 2.24) is 0 Å². The van der Waals surface area contributed by atoms with Gasteiger partial charge in [0.05, 0.1) is 6.61 Å². The summed E-state index contributed by atoms with van der Waals surface area (Å²) in [6, 6.07) is 10.4. The van der Waals surface area contributed by atoms with Gasteiger partial charge in [-0.2, -0.15) is 0 Å². The molecule has 1 aliphatic rings. The summed E-state index contributed by atoms with van der Waals surface area (Å²) in [5, 5.41) is 0. The van der Waals surface area contributed by atoms with E-state index >= 15 is 0 Å². The van der Waals surface area contributed by atoms with Crippen molar-refractivity contribution >= 4 is 5.97 Å². The highest BCUT2D eigenvalue weighted by Gasteiger charge is 2.35. The molecule has 1 aromatic carbocycles. The van der Waals surface area contributed by atoms with Crippen molar-refractivity contribution in [3.05, 3.63) is 48.0 Å². The first-order valence-corrected chi connectivity index (χ1v) is 5.71. The molecule has 0 heterocycles. The predicted octanol–water partition coefficient (Wildman–Crippen LogP) is 2.91. The molecule has 0 saturated heterocycles. The van der Waals surface area contributed by atoms with Crippen LogP contribution in [0, 0.1) is 5.92 Å². The highest BCUT2D eigenvalue weighted by atomic mass is 16.5. The Bertz CT molecular complexity index is 381. The zero-order valence-corrected chi connectivity index (χ0v) is 9.43. The minimum Gasteiger partial charge on any atom is -0.463 e. The molecule has 2 rings (SSSR count). The van der Waals surface area contributed by atoms with Crippen LogP contribution >= 0.6 is 0 Å². The summed E-state index contributed by atoms with van der Waals surface area (Å²) in [6.45, 7) is 2.26. The molecule has 0 radical (unpaired) electrons. The maximum absolute atomic E-state index is 11.1. The van der Waals surface area contributed by atoms with Gasteiger partial charge in [0.2, 0.25) is 0 Å². The van der Waals surface area contributed by atoms with Crippen LogP contribution in [0.4, 0.5) is 0 Å². The lowest BCUT2D eigenvalue weighted by Gasteiger charge is -1.96. The van der Waals surface area contributed by atoms with Gasteiger partial charge >= 0.3 is 5.97 Å². The summed E-state index contributed by atoms with van der Waals surface area (Å²) < 4.78 is 4.84. The quantitative estimate of drug-likeness (QED) is 0.571. The first kappa shape index (κ1) is 10.9. The molecule has 1 saturated carbocycles. The van der Waals surface area contributed by atoms with E-state index in [4.69, 9.17) is 4.74 Å². The Kier molecular flexibility index (Phi) is 3.40. The third kappa shape index (κ3) is 2.72. The maximum Gasteiger partial charge on any atom is 0.330 e. The van der Waals surface area contributed by atoms with Gasteiger partial charge in [-0.15, -0.1) is 0 Å². The maximum atomic E-state index is 11.1. The molecule has 1 aromatic rings. The van der Waals surface area contributed by atoms with Crippen molar-refractivity contribution in [1.29, 1.82) is 0 Å². The van der Waals surface area contributed by atoms with Gasteiger partial charge in [0.15, 0.2) is 0 Å². The van der Waals surface area contributed by atoms with Crippen LogP contribution in [0.5, 0.6) is 0 Å². The van der Waals surface area contributed by atoms with Crippen molar-refractivity contribution in [2.75, 3.05) is 6.61 Å². The first-order valence-electron chi connectivity index (χ1n) is 5.71. The fourth-order valence-electron chi connectivity index (χ4n) is 1.90. The van der Waals surface area contributed by atoms with Crippen LogP contribution in [0.3, 0.4) is 0 Å². The van der Waals surface area contributed by atoms with Crippen LogP contribution in [0.15, 0.2) is 42.5 Å². The highest BCUT2D eigenvalue weighted by Crippen LogP contribution is 2.48. The van der Waals surface area contributed by atoms with Crippen LogP contribution in [0.2, 0.25) is 0 Å². The summed E-state index contributed by atoms with van der Waals surface area (Å²) >= 11 is 0. The normalized spacial score (nSPS) is 23.3. The zero-order chi connectivity index (χ0) is 11.4. The summed E-state index contributed by atoms with van der Waals surface area (Å²) in [5.74, 6) is 0.861.